The molecule has 1 rings (SSSR count). The first-order valence-corrected chi connectivity index (χ1v) is 4.12. The number of carboxylic acid groups (broad SMARTS) is 2. The second-order valence-electron chi connectivity index (χ2n) is 2.55. The van der Waals surface area contributed by atoms with Crippen molar-refractivity contribution in [3.05, 3.63) is 24.3 Å². The zero-order chi connectivity index (χ0) is 13.1. The van der Waals surface area contributed by atoms with Crippen LogP contribution in [0.2, 0.25) is 0 Å². The Labute approximate surface area is 92.4 Å². The molecule has 0 heterocycles. The summed E-state index contributed by atoms with van der Waals surface area (Å²) in [6.45, 7) is 2.17. The van der Waals surface area contributed by atoms with Gasteiger partial charge >= 0.3 is 0 Å². The maximum absolute atomic E-state index is 9.00. The van der Waals surface area contributed by atoms with Gasteiger partial charge in [-0.25, -0.2) is 0 Å². The van der Waals surface area contributed by atoms with Crippen LogP contribution < -0.4 is 0 Å². The molecule has 6 nitrogen and oxygen atoms in total. The summed E-state index contributed by atoms with van der Waals surface area (Å²) < 4.78 is 0. The number of rotatable bonds is 0. The predicted octanol–water partition coefficient (Wildman–Crippen LogP) is 1.28. The smallest absolute Gasteiger partial charge is 0.300 e. The first-order chi connectivity index (χ1) is 7.25. The van der Waals surface area contributed by atoms with Gasteiger partial charge in [0.05, 0.1) is 0 Å². The van der Waals surface area contributed by atoms with Gasteiger partial charge in [0.1, 0.15) is 11.5 Å². The SMILES string of the molecule is CC(=O)O.CC(=O)O.Oc1ccc(O)cc1. The number of phenols is 2. The molecule has 0 unspecified atom stereocenters. The van der Waals surface area contributed by atoms with Crippen LogP contribution in [-0.2, 0) is 9.59 Å². The number of carbonyl (C=O) groups is 2. The standard InChI is InChI=1S/C6H6O2.2C2H4O2/c7-5-1-2-6(8)4-3-5;2*1-2(3)4/h1-4,7-8H;2*1H3,(H,3,4). The fraction of sp³-hybridized carbons (Fsp3) is 0.200. The Morgan fingerprint density at radius 1 is 0.812 bits per heavy atom. The minimum absolute atomic E-state index is 0.169. The molecule has 0 amide bonds. The lowest BCUT2D eigenvalue weighted by Crippen LogP contribution is -1.78. The highest BCUT2D eigenvalue weighted by Gasteiger charge is 1.84. The molecule has 4 N–H and O–H groups in total. The molecule has 6 heteroatoms. The van der Waals surface area contributed by atoms with Crippen molar-refractivity contribution in [1.29, 1.82) is 0 Å². The molecule has 16 heavy (non-hydrogen) atoms. The summed E-state index contributed by atoms with van der Waals surface area (Å²) >= 11 is 0. The van der Waals surface area contributed by atoms with Crippen LogP contribution in [0.3, 0.4) is 0 Å². The van der Waals surface area contributed by atoms with Crippen LogP contribution in [0.1, 0.15) is 13.8 Å². The Morgan fingerprint density at radius 3 is 1.06 bits per heavy atom. The lowest BCUT2D eigenvalue weighted by atomic mass is 10.3. The number of benzene rings is 1. The second-order valence-corrected chi connectivity index (χ2v) is 2.55. The van der Waals surface area contributed by atoms with Crippen LogP contribution in [0.5, 0.6) is 11.5 Å². The van der Waals surface area contributed by atoms with E-state index in [0.717, 1.165) is 13.8 Å². The third-order valence-electron chi connectivity index (χ3n) is 0.850. The van der Waals surface area contributed by atoms with E-state index in [2.05, 4.69) is 0 Å². The van der Waals surface area contributed by atoms with Crippen molar-refractivity contribution in [3.8, 4) is 11.5 Å². The number of aliphatic carboxylic acids is 2. The molecule has 0 aliphatic heterocycles. The van der Waals surface area contributed by atoms with Crippen LogP contribution in [0, 0.1) is 0 Å². The molecular formula is C10H14O6. The average Bonchev–Trinajstić information content (AvgIpc) is 2.08. The number of hydrogen-bond donors (Lipinski definition) is 4. The van der Waals surface area contributed by atoms with E-state index in [4.69, 9.17) is 30.0 Å². The summed E-state index contributed by atoms with van der Waals surface area (Å²) in [6.07, 6.45) is 0. The first kappa shape index (κ1) is 16.2. The molecule has 1 aromatic carbocycles. The highest BCUT2D eigenvalue weighted by molar-refractivity contribution is 5.63. The normalized spacial score (nSPS) is 7.62. The Morgan fingerprint density at radius 2 is 0.938 bits per heavy atom. The highest BCUT2D eigenvalue weighted by atomic mass is 16.4. The molecule has 0 aliphatic rings. The third-order valence-corrected chi connectivity index (χ3v) is 0.850. The maximum Gasteiger partial charge on any atom is 0.300 e. The molecule has 0 saturated carbocycles. The predicted molar refractivity (Wildman–Crippen MR) is 56.4 cm³/mol. The van der Waals surface area contributed by atoms with E-state index in [9.17, 15) is 0 Å². The number of carboxylic acids is 2. The summed E-state index contributed by atoms with van der Waals surface area (Å²) in [6, 6.07) is 5.70. The second kappa shape index (κ2) is 9.32. The van der Waals surface area contributed by atoms with Gasteiger partial charge in [-0.1, -0.05) is 0 Å². The fourth-order valence-corrected chi connectivity index (χ4v) is 0.453. The Bertz CT molecular complexity index is 276. The van der Waals surface area contributed by atoms with Crippen molar-refractivity contribution < 1.29 is 30.0 Å². The van der Waals surface area contributed by atoms with Gasteiger partial charge < -0.3 is 20.4 Å². The zero-order valence-corrected chi connectivity index (χ0v) is 8.91. The Balaban J connectivity index is 0. The number of hydrogen-bond acceptors (Lipinski definition) is 4. The van der Waals surface area contributed by atoms with Crippen molar-refractivity contribution in [2.45, 2.75) is 13.8 Å². The molecule has 0 fully saturated rings. The van der Waals surface area contributed by atoms with Crippen LogP contribution in [0.25, 0.3) is 0 Å². The van der Waals surface area contributed by atoms with E-state index in [-0.39, 0.29) is 11.5 Å². The molecule has 0 aromatic heterocycles. The van der Waals surface area contributed by atoms with Crippen molar-refractivity contribution in [2.75, 3.05) is 0 Å². The van der Waals surface area contributed by atoms with Gasteiger partial charge in [-0.3, -0.25) is 9.59 Å². The quantitative estimate of drug-likeness (QED) is 0.499. The van der Waals surface area contributed by atoms with Crippen molar-refractivity contribution in [2.24, 2.45) is 0 Å². The molecule has 0 atom stereocenters. The van der Waals surface area contributed by atoms with Crippen LogP contribution in [0.15, 0.2) is 24.3 Å². The number of phenolic OH excluding ortho intramolecular Hbond substituents is 2. The van der Waals surface area contributed by atoms with Gasteiger partial charge in [0.2, 0.25) is 0 Å². The van der Waals surface area contributed by atoms with E-state index in [1.807, 2.05) is 0 Å². The summed E-state index contributed by atoms with van der Waals surface area (Å²) in [4.78, 5) is 18.0. The van der Waals surface area contributed by atoms with Crippen LogP contribution in [-0.4, -0.2) is 32.4 Å². The molecule has 90 valence electrons. The Kier molecular flexibility index (Phi) is 9.44. The summed E-state index contributed by atoms with van der Waals surface area (Å²) in [5.41, 5.74) is 0. The first-order valence-electron chi connectivity index (χ1n) is 4.12. The molecule has 0 bridgehead atoms. The van der Waals surface area contributed by atoms with E-state index in [1.165, 1.54) is 24.3 Å². The Hall–Kier alpha value is -2.24. The highest BCUT2D eigenvalue weighted by Crippen LogP contribution is 2.13. The van der Waals surface area contributed by atoms with Crippen molar-refractivity contribution >= 4 is 11.9 Å². The minimum atomic E-state index is -0.833. The average molecular weight is 230 g/mol. The summed E-state index contributed by atoms with van der Waals surface area (Å²) in [5.74, 6) is -1.33. The van der Waals surface area contributed by atoms with Crippen LogP contribution >= 0.6 is 0 Å². The molecule has 0 radical (unpaired) electrons. The topological polar surface area (TPSA) is 115 Å². The van der Waals surface area contributed by atoms with Gasteiger partial charge in [0.25, 0.3) is 11.9 Å². The summed E-state index contributed by atoms with van der Waals surface area (Å²) in [5, 5.41) is 32.1. The molecule has 1 aromatic rings. The largest absolute Gasteiger partial charge is 0.508 e. The van der Waals surface area contributed by atoms with E-state index in [0.29, 0.717) is 0 Å². The lowest BCUT2D eigenvalue weighted by Gasteiger charge is -1.88. The van der Waals surface area contributed by atoms with Gasteiger partial charge in [-0.05, 0) is 24.3 Å². The summed E-state index contributed by atoms with van der Waals surface area (Å²) in [7, 11) is 0. The lowest BCUT2D eigenvalue weighted by molar-refractivity contribution is -0.135. The van der Waals surface area contributed by atoms with Gasteiger partial charge in [-0.2, -0.15) is 0 Å². The molecule has 0 aliphatic carbocycles. The van der Waals surface area contributed by atoms with Crippen LogP contribution in [0.4, 0.5) is 0 Å². The molecular weight excluding hydrogens is 216 g/mol. The number of aromatic hydroxyl groups is 2. The van der Waals surface area contributed by atoms with Gasteiger partial charge in [0.15, 0.2) is 0 Å². The van der Waals surface area contributed by atoms with E-state index < -0.39 is 11.9 Å². The zero-order valence-electron chi connectivity index (χ0n) is 8.91. The van der Waals surface area contributed by atoms with Gasteiger partial charge in [0, 0.05) is 13.8 Å². The maximum atomic E-state index is 9.00. The van der Waals surface area contributed by atoms with Crippen molar-refractivity contribution in [3.63, 3.8) is 0 Å². The van der Waals surface area contributed by atoms with E-state index in [1.54, 1.807) is 0 Å². The van der Waals surface area contributed by atoms with Gasteiger partial charge in [-0.15, -0.1) is 0 Å². The third kappa shape index (κ3) is 22.6. The van der Waals surface area contributed by atoms with E-state index >= 15 is 0 Å². The minimum Gasteiger partial charge on any atom is -0.508 e. The fourth-order valence-electron chi connectivity index (χ4n) is 0.453. The molecule has 0 spiro atoms. The monoisotopic (exact) mass is 230 g/mol. The molecule has 0 saturated heterocycles. The van der Waals surface area contributed by atoms with Crippen molar-refractivity contribution in [1.82, 2.24) is 0 Å².